The highest BCUT2D eigenvalue weighted by atomic mass is 35.5. The van der Waals surface area contributed by atoms with E-state index in [2.05, 4.69) is 36.5 Å². The Balaban J connectivity index is 0.00000196. The van der Waals surface area contributed by atoms with Crippen LogP contribution in [-0.2, 0) is 10.2 Å². The summed E-state index contributed by atoms with van der Waals surface area (Å²) >= 11 is 0. The molecule has 4 heteroatoms. The maximum Gasteiger partial charge on any atom is 0.226 e. The first-order valence-electron chi connectivity index (χ1n) is 10.0. The summed E-state index contributed by atoms with van der Waals surface area (Å²) in [7, 11) is 0. The van der Waals surface area contributed by atoms with E-state index >= 15 is 0 Å². The van der Waals surface area contributed by atoms with Crippen molar-refractivity contribution in [3.05, 3.63) is 35.4 Å². The molecule has 4 fully saturated rings. The molecule has 1 aromatic carbocycles. The molecule has 3 nitrogen and oxygen atoms in total. The number of hydrogen-bond acceptors (Lipinski definition) is 2. The third-order valence-electron chi connectivity index (χ3n) is 7.09. The minimum absolute atomic E-state index is 0. The molecule has 0 spiro atoms. The first-order valence-corrected chi connectivity index (χ1v) is 10.0. The number of nitrogens with one attached hydrogen (secondary N) is 1. The monoisotopic (exact) mass is 376 g/mol. The Kier molecular flexibility index (Phi) is 5.43. The molecule has 0 aliphatic heterocycles. The van der Waals surface area contributed by atoms with Gasteiger partial charge in [-0.15, -0.1) is 12.4 Å². The lowest BCUT2D eigenvalue weighted by Gasteiger charge is -2.61. The number of halogens is 1. The summed E-state index contributed by atoms with van der Waals surface area (Å²) in [6.45, 7) is 4.87. The molecular weight excluding hydrogens is 344 g/mol. The molecule has 1 amide bonds. The molecule has 0 aromatic heterocycles. The maximum atomic E-state index is 13.2. The van der Waals surface area contributed by atoms with Crippen molar-refractivity contribution in [1.29, 1.82) is 0 Å². The highest BCUT2D eigenvalue weighted by Crippen LogP contribution is 2.65. The molecule has 0 heterocycles. The van der Waals surface area contributed by atoms with Crippen LogP contribution >= 0.6 is 12.4 Å². The van der Waals surface area contributed by atoms with Gasteiger partial charge in [0, 0.05) is 12.6 Å². The fourth-order valence-corrected chi connectivity index (χ4v) is 6.37. The summed E-state index contributed by atoms with van der Waals surface area (Å²) < 4.78 is 0. The van der Waals surface area contributed by atoms with Gasteiger partial charge in [0.15, 0.2) is 0 Å². The van der Waals surface area contributed by atoms with Crippen molar-refractivity contribution >= 4 is 18.3 Å². The summed E-state index contributed by atoms with van der Waals surface area (Å²) in [5.41, 5.74) is 8.73. The van der Waals surface area contributed by atoms with Crippen molar-refractivity contribution in [2.75, 3.05) is 6.54 Å². The molecule has 4 aliphatic rings. The Hall–Kier alpha value is -1.06. The highest BCUT2D eigenvalue weighted by Gasteiger charge is 2.60. The third-order valence-corrected chi connectivity index (χ3v) is 7.09. The van der Waals surface area contributed by atoms with Gasteiger partial charge in [-0.1, -0.05) is 29.8 Å². The van der Waals surface area contributed by atoms with Crippen LogP contribution in [0.4, 0.5) is 0 Å². The molecule has 3 atom stereocenters. The van der Waals surface area contributed by atoms with Crippen LogP contribution in [0.25, 0.3) is 0 Å². The average Bonchev–Trinajstić information content (AvgIpc) is 2.53. The van der Waals surface area contributed by atoms with Crippen molar-refractivity contribution < 1.29 is 4.79 Å². The van der Waals surface area contributed by atoms with E-state index in [4.69, 9.17) is 5.73 Å². The minimum atomic E-state index is -0.132. The molecule has 3 unspecified atom stereocenters. The van der Waals surface area contributed by atoms with Gasteiger partial charge < -0.3 is 11.1 Å². The van der Waals surface area contributed by atoms with E-state index in [1.54, 1.807) is 0 Å². The molecule has 5 rings (SSSR count). The summed E-state index contributed by atoms with van der Waals surface area (Å²) in [4.78, 5) is 13.2. The van der Waals surface area contributed by atoms with E-state index in [0.29, 0.717) is 12.5 Å². The smallest absolute Gasteiger partial charge is 0.226 e. The van der Waals surface area contributed by atoms with Crippen LogP contribution < -0.4 is 11.1 Å². The molecule has 0 radical (unpaired) electrons. The van der Waals surface area contributed by atoms with Crippen LogP contribution in [0.15, 0.2) is 24.3 Å². The molecular formula is C22H33ClN2O. The van der Waals surface area contributed by atoms with E-state index in [-0.39, 0.29) is 29.3 Å². The second-order valence-corrected chi connectivity index (χ2v) is 9.41. The van der Waals surface area contributed by atoms with Gasteiger partial charge in [-0.2, -0.15) is 0 Å². The molecule has 4 aliphatic carbocycles. The second-order valence-electron chi connectivity index (χ2n) is 9.41. The zero-order valence-corrected chi connectivity index (χ0v) is 16.9. The van der Waals surface area contributed by atoms with Crippen molar-refractivity contribution in [3.8, 4) is 0 Å². The average molecular weight is 377 g/mol. The Morgan fingerprint density at radius 2 is 1.81 bits per heavy atom. The van der Waals surface area contributed by atoms with Gasteiger partial charge in [0.2, 0.25) is 5.91 Å². The fourth-order valence-electron chi connectivity index (χ4n) is 6.37. The quantitative estimate of drug-likeness (QED) is 0.812. The van der Waals surface area contributed by atoms with Gasteiger partial charge in [0.25, 0.3) is 0 Å². The Labute approximate surface area is 163 Å². The number of hydrogen-bond donors (Lipinski definition) is 2. The zero-order valence-electron chi connectivity index (χ0n) is 16.1. The molecule has 4 saturated carbocycles. The number of benzene rings is 1. The largest absolute Gasteiger partial charge is 0.356 e. The van der Waals surface area contributed by atoms with Crippen LogP contribution in [0.3, 0.4) is 0 Å². The van der Waals surface area contributed by atoms with E-state index in [1.165, 1.54) is 30.4 Å². The van der Waals surface area contributed by atoms with Crippen LogP contribution in [0.1, 0.15) is 63.0 Å². The van der Waals surface area contributed by atoms with Gasteiger partial charge in [-0.25, -0.2) is 0 Å². The van der Waals surface area contributed by atoms with Crippen molar-refractivity contribution in [1.82, 2.24) is 5.32 Å². The number of carbonyl (C=O) groups is 1. The molecule has 4 bridgehead atoms. The fraction of sp³-hybridized carbons (Fsp3) is 0.682. The number of amides is 1. The second kappa shape index (κ2) is 7.16. The van der Waals surface area contributed by atoms with Gasteiger partial charge >= 0.3 is 0 Å². The van der Waals surface area contributed by atoms with Gasteiger partial charge in [-0.05, 0) is 81.6 Å². The normalized spacial score (nSPS) is 35.7. The lowest BCUT2D eigenvalue weighted by molar-refractivity contribution is -0.149. The summed E-state index contributed by atoms with van der Waals surface area (Å²) in [5, 5.41) is 3.23. The molecule has 3 N–H and O–H groups in total. The zero-order chi connectivity index (χ0) is 17.7. The number of nitrogens with two attached hydrogens (primary N) is 1. The van der Waals surface area contributed by atoms with Crippen molar-refractivity contribution in [2.45, 2.75) is 70.3 Å². The third kappa shape index (κ3) is 3.41. The number of carbonyl (C=O) groups excluding carboxylic acids is 1. The maximum absolute atomic E-state index is 13.2. The Morgan fingerprint density at radius 3 is 2.38 bits per heavy atom. The standard InChI is InChI=1S/C22H32N2O.ClH/c1-15-3-5-19(6-4-15)21-10-17-9-18(11-21)13-22(12-17,14-21)20(25)24-8-7-16(2)23;/h3-6,16-18H,7-14,23H2,1-2H3,(H,24,25);1H. The van der Waals surface area contributed by atoms with Crippen LogP contribution in [0.2, 0.25) is 0 Å². The highest BCUT2D eigenvalue weighted by molar-refractivity contribution is 5.85. The first kappa shape index (κ1) is 19.7. The minimum Gasteiger partial charge on any atom is -0.356 e. The van der Waals surface area contributed by atoms with E-state index in [1.807, 2.05) is 6.92 Å². The molecule has 0 saturated heterocycles. The van der Waals surface area contributed by atoms with Crippen LogP contribution in [0, 0.1) is 24.2 Å². The predicted molar refractivity (Wildman–Crippen MR) is 108 cm³/mol. The molecule has 26 heavy (non-hydrogen) atoms. The topological polar surface area (TPSA) is 55.1 Å². The van der Waals surface area contributed by atoms with Gasteiger partial charge in [-0.3, -0.25) is 4.79 Å². The predicted octanol–water partition coefficient (Wildman–Crippen LogP) is 4.11. The van der Waals surface area contributed by atoms with Crippen molar-refractivity contribution in [2.24, 2.45) is 23.0 Å². The number of aryl methyl sites for hydroxylation is 1. The SMILES string of the molecule is Cc1ccc(C23CC4CC(CC(C(=O)NCCC(C)N)(C4)C2)C3)cc1.Cl. The lowest BCUT2D eigenvalue weighted by Crippen LogP contribution is -2.59. The summed E-state index contributed by atoms with van der Waals surface area (Å²) in [6, 6.07) is 9.27. The van der Waals surface area contributed by atoms with Crippen LogP contribution in [0.5, 0.6) is 0 Å². The summed E-state index contributed by atoms with van der Waals surface area (Å²) in [6.07, 6.45) is 7.99. The molecule has 144 valence electrons. The number of rotatable bonds is 5. The van der Waals surface area contributed by atoms with Gasteiger partial charge in [0.1, 0.15) is 0 Å². The van der Waals surface area contributed by atoms with E-state index in [9.17, 15) is 4.79 Å². The van der Waals surface area contributed by atoms with E-state index in [0.717, 1.165) is 37.5 Å². The Morgan fingerprint density at radius 1 is 1.19 bits per heavy atom. The Bertz CT molecular complexity index is 641. The van der Waals surface area contributed by atoms with Crippen LogP contribution in [-0.4, -0.2) is 18.5 Å². The van der Waals surface area contributed by atoms with E-state index < -0.39 is 0 Å². The molecule has 1 aromatic rings. The van der Waals surface area contributed by atoms with Gasteiger partial charge in [0.05, 0.1) is 5.41 Å². The van der Waals surface area contributed by atoms with Crippen molar-refractivity contribution in [3.63, 3.8) is 0 Å². The first-order chi connectivity index (χ1) is 11.9. The summed E-state index contributed by atoms with van der Waals surface area (Å²) in [5.74, 6) is 1.75. The lowest BCUT2D eigenvalue weighted by atomic mass is 9.42.